The molecule has 0 aliphatic rings. The number of amides is 1. The van der Waals surface area contributed by atoms with Gasteiger partial charge in [-0.25, -0.2) is 0 Å². The zero-order valence-electron chi connectivity index (χ0n) is 46.0. The van der Waals surface area contributed by atoms with Crippen LogP contribution in [-0.4, -0.2) is 69.4 Å². The van der Waals surface area contributed by atoms with Crippen molar-refractivity contribution < 1.29 is 37.3 Å². The van der Waals surface area contributed by atoms with Gasteiger partial charge in [0.25, 0.3) is 7.82 Å². The molecule has 0 spiro atoms. The predicted octanol–water partition coefficient (Wildman–Crippen LogP) is 16.7. The monoisotopic (exact) mass is 991 g/mol. The molecule has 0 aliphatic carbocycles. The number of phosphoric ester groups is 1. The number of carbonyl (C=O) groups excluding carboxylic acids is 2. The summed E-state index contributed by atoms with van der Waals surface area (Å²) in [6.45, 7) is 6.71. The molecule has 69 heavy (non-hydrogen) atoms. The van der Waals surface area contributed by atoms with E-state index >= 15 is 0 Å². The number of esters is 1. The van der Waals surface area contributed by atoms with Gasteiger partial charge < -0.3 is 28.5 Å². The minimum absolute atomic E-state index is 0.0249. The van der Waals surface area contributed by atoms with E-state index in [1.807, 2.05) is 33.3 Å². The van der Waals surface area contributed by atoms with E-state index in [-0.39, 0.29) is 24.9 Å². The smallest absolute Gasteiger partial charge is 0.306 e. The highest BCUT2D eigenvalue weighted by molar-refractivity contribution is 7.45. The molecule has 3 unspecified atom stereocenters. The van der Waals surface area contributed by atoms with Crippen LogP contribution in [0.3, 0.4) is 0 Å². The molecule has 0 fully saturated rings. The molecule has 0 rings (SSSR count). The zero-order chi connectivity index (χ0) is 50.8. The maximum Gasteiger partial charge on any atom is 0.306 e. The van der Waals surface area contributed by atoms with E-state index in [1.54, 1.807) is 0 Å². The summed E-state index contributed by atoms with van der Waals surface area (Å²) in [5.41, 5.74) is 0. The summed E-state index contributed by atoms with van der Waals surface area (Å²) in [5.74, 6) is -0.557. The quantitative estimate of drug-likeness (QED) is 0.0161. The molecule has 1 N–H and O–H groups in total. The molecule has 9 nitrogen and oxygen atoms in total. The third-order valence-electron chi connectivity index (χ3n) is 12.8. The van der Waals surface area contributed by atoms with Crippen LogP contribution in [-0.2, 0) is 27.9 Å². The molecule has 0 aromatic carbocycles. The molecule has 0 aromatic heterocycles. The summed E-state index contributed by atoms with van der Waals surface area (Å²) in [6.07, 6.45) is 59.3. The Balaban J connectivity index is 5.34. The number of nitrogens with one attached hydrogen (secondary N) is 1. The van der Waals surface area contributed by atoms with Gasteiger partial charge in [-0.05, 0) is 51.0 Å². The van der Waals surface area contributed by atoms with Gasteiger partial charge in [0.1, 0.15) is 19.3 Å². The Morgan fingerprint density at radius 3 is 1.38 bits per heavy atom. The van der Waals surface area contributed by atoms with E-state index in [9.17, 15) is 19.0 Å². The minimum Gasteiger partial charge on any atom is -0.756 e. The summed E-state index contributed by atoms with van der Waals surface area (Å²) in [4.78, 5) is 39.8. The topological polar surface area (TPSA) is 114 Å². The summed E-state index contributed by atoms with van der Waals surface area (Å²) >= 11 is 0. The van der Waals surface area contributed by atoms with E-state index in [0.29, 0.717) is 23.9 Å². The summed E-state index contributed by atoms with van der Waals surface area (Å²) in [5, 5.41) is 3.02. The highest BCUT2D eigenvalue weighted by Crippen LogP contribution is 2.38. The first kappa shape index (κ1) is 67.0. The summed E-state index contributed by atoms with van der Waals surface area (Å²) in [6, 6.07) is -0.893. The summed E-state index contributed by atoms with van der Waals surface area (Å²) < 4.78 is 30.2. The number of quaternary nitrogens is 1. The van der Waals surface area contributed by atoms with Crippen LogP contribution in [0.5, 0.6) is 0 Å². The largest absolute Gasteiger partial charge is 0.756 e. The average molecular weight is 992 g/mol. The number of rotatable bonds is 52. The van der Waals surface area contributed by atoms with Gasteiger partial charge in [0.2, 0.25) is 5.91 Å². The SMILES string of the molecule is CC/C=C/C=C/C=C\CCCCCCCC(=O)OC(/C=C/CCCCCCCCCCCCC)C(COP(=O)([O-])OCC[N+](C)(C)C)NC(=O)CCCCCCCCCCCCCCCCCCC. The number of hydrogen-bond acceptors (Lipinski definition) is 7. The third-order valence-corrected chi connectivity index (χ3v) is 13.8. The Morgan fingerprint density at radius 1 is 0.522 bits per heavy atom. The van der Waals surface area contributed by atoms with Crippen LogP contribution in [0.1, 0.15) is 265 Å². The van der Waals surface area contributed by atoms with Crippen molar-refractivity contribution in [2.24, 2.45) is 0 Å². The Labute approximate surface area is 427 Å². The number of nitrogens with zero attached hydrogens (tertiary/aromatic N) is 1. The van der Waals surface area contributed by atoms with Crippen LogP contribution >= 0.6 is 7.82 Å². The first-order valence-corrected chi connectivity index (χ1v) is 30.4. The molecule has 404 valence electrons. The fourth-order valence-electron chi connectivity index (χ4n) is 8.35. The number of carbonyl (C=O) groups is 2. The van der Waals surface area contributed by atoms with Crippen molar-refractivity contribution >= 4 is 19.7 Å². The van der Waals surface area contributed by atoms with E-state index < -0.39 is 26.6 Å². The van der Waals surface area contributed by atoms with Crippen LogP contribution in [0, 0.1) is 0 Å². The third kappa shape index (κ3) is 50.7. The Morgan fingerprint density at radius 2 is 0.928 bits per heavy atom. The van der Waals surface area contributed by atoms with Gasteiger partial charge in [-0.3, -0.25) is 14.2 Å². The predicted molar refractivity (Wildman–Crippen MR) is 293 cm³/mol. The van der Waals surface area contributed by atoms with Gasteiger partial charge in [-0.15, -0.1) is 0 Å². The molecule has 0 saturated carbocycles. The lowest BCUT2D eigenvalue weighted by atomic mass is 10.0. The summed E-state index contributed by atoms with van der Waals surface area (Å²) in [7, 11) is 1.18. The zero-order valence-corrected chi connectivity index (χ0v) is 46.9. The molecule has 0 radical (unpaired) electrons. The molecular formula is C59H111N2O7P. The molecule has 1 amide bonds. The Kier molecular flexibility index (Phi) is 48.1. The van der Waals surface area contributed by atoms with E-state index in [2.05, 4.69) is 62.5 Å². The number of ether oxygens (including phenoxy) is 1. The van der Waals surface area contributed by atoms with Crippen molar-refractivity contribution in [2.75, 3.05) is 40.9 Å². The second-order valence-corrected chi connectivity index (χ2v) is 22.2. The van der Waals surface area contributed by atoms with Crippen molar-refractivity contribution in [3.8, 4) is 0 Å². The highest BCUT2D eigenvalue weighted by atomic mass is 31.2. The fourth-order valence-corrected chi connectivity index (χ4v) is 9.07. The first-order valence-electron chi connectivity index (χ1n) is 29.0. The van der Waals surface area contributed by atoms with Crippen LogP contribution in [0.15, 0.2) is 48.6 Å². The normalized spacial score (nSPS) is 14.1. The lowest BCUT2D eigenvalue weighted by molar-refractivity contribution is -0.870. The van der Waals surface area contributed by atoms with E-state index in [0.717, 1.165) is 77.0 Å². The number of likely N-dealkylation sites (N-methyl/N-ethyl adjacent to an activating group) is 1. The van der Waals surface area contributed by atoms with Crippen LogP contribution in [0.4, 0.5) is 0 Å². The molecular weight excluding hydrogens is 880 g/mol. The van der Waals surface area contributed by atoms with Gasteiger partial charge in [-0.2, -0.15) is 0 Å². The van der Waals surface area contributed by atoms with Crippen molar-refractivity contribution in [1.82, 2.24) is 5.32 Å². The van der Waals surface area contributed by atoms with Crippen LogP contribution < -0.4 is 10.2 Å². The fraction of sp³-hybridized carbons (Fsp3) is 0.831. The Hall–Kier alpha value is -2.03. The molecule has 0 heterocycles. The molecule has 0 aliphatic heterocycles. The van der Waals surface area contributed by atoms with E-state index in [1.165, 1.54) is 148 Å². The second kappa shape index (κ2) is 49.5. The lowest BCUT2D eigenvalue weighted by Gasteiger charge is -2.30. The standard InChI is InChI=1S/C59H111N2O7P/c1-7-10-13-16-19-22-25-28-29-30-31-34-36-39-42-45-48-51-58(62)60-56(55-67-69(64,65)66-54-53-61(4,5)6)57(50-47-44-41-38-35-32-26-23-20-17-14-11-8-2)68-59(63)52-49-46-43-40-37-33-27-24-21-18-15-12-9-3/h12,15,18,21,24,27,47,50,56-57H,7-11,13-14,16-17,19-20,22-23,25-26,28-46,48-49,51-55H2,1-6H3,(H-,60,62,64,65)/b15-12+,21-18+,27-24-,50-47+. The van der Waals surface area contributed by atoms with Gasteiger partial charge in [0.05, 0.1) is 33.8 Å². The number of hydrogen-bond donors (Lipinski definition) is 1. The van der Waals surface area contributed by atoms with Crippen molar-refractivity contribution in [3.63, 3.8) is 0 Å². The number of phosphoric acid groups is 1. The highest BCUT2D eigenvalue weighted by Gasteiger charge is 2.27. The molecule has 3 atom stereocenters. The van der Waals surface area contributed by atoms with E-state index in [4.69, 9.17) is 13.8 Å². The second-order valence-electron chi connectivity index (χ2n) is 20.8. The Bertz CT molecular complexity index is 1330. The minimum atomic E-state index is -4.70. The molecule has 0 aromatic rings. The van der Waals surface area contributed by atoms with Crippen molar-refractivity contribution in [1.29, 1.82) is 0 Å². The number of unbranched alkanes of at least 4 members (excludes halogenated alkanes) is 32. The van der Waals surface area contributed by atoms with Gasteiger partial charge in [-0.1, -0.05) is 250 Å². The van der Waals surface area contributed by atoms with Gasteiger partial charge >= 0.3 is 5.97 Å². The maximum absolute atomic E-state index is 13.5. The van der Waals surface area contributed by atoms with Gasteiger partial charge in [0, 0.05) is 12.8 Å². The maximum atomic E-state index is 13.5. The van der Waals surface area contributed by atoms with Gasteiger partial charge in [0.15, 0.2) is 0 Å². The van der Waals surface area contributed by atoms with Crippen LogP contribution in [0.25, 0.3) is 0 Å². The molecule has 0 saturated heterocycles. The van der Waals surface area contributed by atoms with Crippen molar-refractivity contribution in [2.45, 2.75) is 277 Å². The number of allylic oxidation sites excluding steroid dienone is 7. The lowest BCUT2D eigenvalue weighted by Crippen LogP contribution is -2.47. The first-order chi connectivity index (χ1) is 33.4. The molecule has 0 bridgehead atoms. The molecule has 10 heteroatoms. The average Bonchev–Trinajstić information content (AvgIpc) is 3.31. The van der Waals surface area contributed by atoms with Crippen LogP contribution in [0.2, 0.25) is 0 Å². The van der Waals surface area contributed by atoms with Crippen molar-refractivity contribution in [3.05, 3.63) is 48.6 Å².